The molecule has 0 amide bonds. The molecule has 0 aliphatic heterocycles. The lowest BCUT2D eigenvalue weighted by atomic mass is 10.1. The van der Waals surface area contributed by atoms with Gasteiger partial charge < -0.3 is 0 Å². The van der Waals surface area contributed by atoms with Crippen molar-refractivity contribution in [1.29, 1.82) is 5.26 Å². The van der Waals surface area contributed by atoms with Gasteiger partial charge in [-0.25, -0.2) is 10.1 Å². The molecule has 3 aromatic rings. The molecule has 24 heavy (non-hydrogen) atoms. The number of nitrogens with one attached hydrogen (secondary N) is 1. The van der Waals surface area contributed by atoms with Crippen molar-refractivity contribution in [2.75, 3.05) is 0 Å². The third kappa shape index (κ3) is 2.88. The zero-order valence-corrected chi connectivity index (χ0v) is 13.2. The summed E-state index contributed by atoms with van der Waals surface area (Å²) in [6.45, 7) is 1.90. The molecule has 9 heteroatoms. The van der Waals surface area contributed by atoms with Crippen LogP contribution in [0.1, 0.15) is 23.1 Å². The molecule has 122 valence electrons. The minimum Gasteiger partial charge on any atom is -0.247 e. The summed E-state index contributed by atoms with van der Waals surface area (Å²) in [7, 11) is 0. The van der Waals surface area contributed by atoms with Gasteiger partial charge in [0.2, 0.25) is 0 Å². The number of halogens is 3. The van der Waals surface area contributed by atoms with Crippen LogP contribution in [0.15, 0.2) is 24.3 Å². The second-order valence-corrected chi connectivity index (χ2v) is 5.95. The van der Waals surface area contributed by atoms with E-state index < -0.39 is 11.7 Å². The standard InChI is InChI=1S/C15H10F3N5S/c1-2-11-13(12-10(7-19)21-23-22-12)20-14(24-11)8-4-3-5-9(6-8)15(16,17)18/h3-6H,2H2,1H3,(H,21,22,23). The lowest BCUT2D eigenvalue weighted by molar-refractivity contribution is -0.137. The van der Waals surface area contributed by atoms with Gasteiger partial charge in [0, 0.05) is 10.4 Å². The van der Waals surface area contributed by atoms with Crippen LogP contribution in [0.5, 0.6) is 0 Å². The van der Waals surface area contributed by atoms with E-state index in [9.17, 15) is 13.2 Å². The zero-order chi connectivity index (χ0) is 17.3. The van der Waals surface area contributed by atoms with E-state index in [-0.39, 0.29) is 5.69 Å². The molecule has 2 aromatic heterocycles. The first-order valence-corrected chi connectivity index (χ1v) is 7.74. The Morgan fingerprint density at radius 3 is 2.75 bits per heavy atom. The Bertz CT molecular complexity index is 920. The molecule has 1 N–H and O–H groups in total. The number of aromatic nitrogens is 4. The Morgan fingerprint density at radius 1 is 1.29 bits per heavy atom. The maximum Gasteiger partial charge on any atom is 0.416 e. The van der Waals surface area contributed by atoms with E-state index in [2.05, 4.69) is 20.4 Å². The van der Waals surface area contributed by atoms with Crippen LogP contribution < -0.4 is 0 Å². The second kappa shape index (κ2) is 6.05. The van der Waals surface area contributed by atoms with Gasteiger partial charge in [-0.1, -0.05) is 24.3 Å². The van der Waals surface area contributed by atoms with Gasteiger partial charge in [-0.15, -0.1) is 16.4 Å². The number of nitrogens with zero attached hydrogens (tertiary/aromatic N) is 4. The van der Waals surface area contributed by atoms with Crippen LogP contribution in [0.25, 0.3) is 22.0 Å². The largest absolute Gasteiger partial charge is 0.416 e. The molecule has 0 bridgehead atoms. The number of alkyl halides is 3. The number of hydrogen-bond acceptors (Lipinski definition) is 5. The molecule has 0 fully saturated rings. The van der Waals surface area contributed by atoms with Gasteiger partial charge in [0.1, 0.15) is 22.5 Å². The monoisotopic (exact) mass is 349 g/mol. The summed E-state index contributed by atoms with van der Waals surface area (Å²) in [5, 5.41) is 19.4. The Labute approximate surface area is 138 Å². The summed E-state index contributed by atoms with van der Waals surface area (Å²) in [4.78, 5) is 5.23. The van der Waals surface area contributed by atoms with E-state index in [1.54, 1.807) is 6.07 Å². The number of aryl methyl sites for hydroxylation is 1. The highest BCUT2D eigenvalue weighted by molar-refractivity contribution is 7.15. The number of thiazole rings is 1. The zero-order valence-electron chi connectivity index (χ0n) is 12.3. The van der Waals surface area contributed by atoms with E-state index in [0.29, 0.717) is 28.4 Å². The third-order valence-corrected chi connectivity index (χ3v) is 4.59. The summed E-state index contributed by atoms with van der Waals surface area (Å²) in [6.07, 6.45) is -3.80. The molecule has 3 rings (SSSR count). The van der Waals surface area contributed by atoms with Gasteiger partial charge in [-0.05, 0) is 18.6 Å². The maximum absolute atomic E-state index is 12.9. The predicted molar refractivity (Wildman–Crippen MR) is 82.0 cm³/mol. The van der Waals surface area contributed by atoms with Crippen LogP contribution in [-0.4, -0.2) is 20.4 Å². The number of aromatic amines is 1. The second-order valence-electron chi connectivity index (χ2n) is 4.87. The molecular formula is C15H10F3N5S. The molecule has 0 radical (unpaired) electrons. The number of hydrogen-bond donors (Lipinski definition) is 1. The highest BCUT2D eigenvalue weighted by Crippen LogP contribution is 2.37. The molecule has 0 atom stereocenters. The Balaban J connectivity index is 2.10. The fourth-order valence-corrected chi connectivity index (χ4v) is 3.20. The van der Waals surface area contributed by atoms with Crippen molar-refractivity contribution in [1.82, 2.24) is 20.4 Å². The van der Waals surface area contributed by atoms with Crippen molar-refractivity contribution in [2.24, 2.45) is 0 Å². The third-order valence-electron chi connectivity index (χ3n) is 3.34. The fourth-order valence-electron chi connectivity index (χ4n) is 2.20. The van der Waals surface area contributed by atoms with Gasteiger partial charge in [0.05, 0.1) is 5.56 Å². The summed E-state index contributed by atoms with van der Waals surface area (Å²) in [5.41, 5.74) is 0.598. The van der Waals surface area contributed by atoms with Crippen LogP contribution in [0.3, 0.4) is 0 Å². The Hall–Kier alpha value is -2.73. The normalized spacial score (nSPS) is 11.5. The number of nitriles is 1. The van der Waals surface area contributed by atoms with Crippen molar-refractivity contribution >= 4 is 11.3 Å². The highest BCUT2D eigenvalue weighted by Gasteiger charge is 2.30. The maximum atomic E-state index is 12.9. The highest BCUT2D eigenvalue weighted by atomic mass is 32.1. The van der Waals surface area contributed by atoms with Gasteiger partial charge >= 0.3 is 6.18 Å². The molecule has 0 saturated heterocycles. The van der Waals surface area contributed by atoms with Gasteiger partial charge in [-0.2, -0.15) is 18.4 Å². The van der Waals surface area contributed by atoms with E-state index in [1.165, 1.54) is 17.4 Å². The molecule has 0 aliphatic rings. The van der Waals surface area contributed by atoms with Crippen LogP contribution in [0.2, 0.25) is 0 Å². The first kappa shape index (κ1) is 16.1. The lowest BCUT2D eigenvalue weighted by Gasteiger charge is -2.07. The summed E-state index contributed by atoms with van der Waals surface area (Å²) < 4.78 is 38.6. The summed E-state index contributed by atoms with van der Waals surface area (Å²) >= 11 is 1.28. The SMILES string of the molecule is CCc1sc(-c2cccc(C(F)(F)F)c2)nc1-c1nn[nH]c1C#N. The predicted octanol–water partition coefficient (Wildman–Crippen LogP) is 4.05. The number of rotatable bonds is 3. The van der Waals surface area contributed by atoms with E-state index in [4.69, 9.17) is 5.26 Å². The molecule has 0 saturated carbocycles. The van der Waals surface area contributed by atoms with E-state index in [1.807, 2.05) is 13.0 Å². The van der Waals surface area contributed by atoms with Gasteiger partial charge in [0.15, 0.2) is 5.69 Å². The number of H-pyrrole nitrogens is 1. The molecule has 5 nitrogen and oxygen atoms in total. The number of benzene rings is 1. The van der Waals surface area contributed by atoms with Crippen LogP contribution >= 0.6 is 11.3 Å². The smallest absolute Gasteiger partial charge is 0.247 e. The Morgan fingerprint density at radius 2 is 2.08 bits per heavy atom. The van der Waals surface area contributed by atoms with E-state index in [0.717, 1.165) is 17.0 Å². The van der Waals surface area contributed by atoms with Crippen molar-refractivity contribution in [3.8, 4) is 28.0 Å². The molecular weight excluding hydrogens is 339 g/mol. The molecule has 0 unspecified atom stereocenters. The molecule has 2 heterocycles. The van der Waals surface area contributed by atoms with Crippen LogP contribution in [0.4, 0.5) is 13.2 Å². The van der Waals surface area contributed by atoms with Gasteiger partial charge in [0.25, 0.3) is 0 Å². The van der Waals surface area contributed by atoms with Crippen molar-refractivity contribution in [3.63, 3.8) is 0 Å². The average molecular weight is 349 g/mol. The van der Waals surface area contributed by atoms with Crippen LogP contribution in [0, 0.1) is 11.3 Å². The Kier molecular flexibility index (Phi) is 4.07. The van der Waals surface area contributed by atoms with E-state index >= 15 is 0 Å². The molecule has 0 aliphatic carbocycles. The van der Waals surface area contributed by atoms with Crippen molar-refractivity contribution < 1.29 is 13.2 Å². The van der Waals surface area contributed by atoms with Crippen molar-refractivity contribution in [2.45, 2.75) is 19.5 Å². The minimum atomic E-state index is -4.41. The summed E-state index contributed by atoms with van der Waals surface area (Å²) in [6, 6.07) is 6.95. The van der Waals surface area contributed by atoms with Crippen molar-refractivity contribution in [3.05, 3.63) is 40.4 Å². The first-order valence-electron chi connectivity index (χ1n) is 6.93. The van der Waals surface area contributed by atoms with Gasteiger partial charge in [-0.3, -0.25) is 0 Å². The minimum absolute atomic E-state index is 0.172. The fraction of sp³-hybridized carbons (Fsp3) is 0.200. The quantitative estimate of drug-likeness (QED) is 0.774. The summed E-state index contributed by atoms with van der Waals surface area (Å²) in [5.74, 6) is 0. The molecule has 1 aromatic carbocycles. The first-order chi connectivity index (χ1) is 11.4. The molecule has 0 spiro atoms. The lowest BCUT2D eigenvalue weighted by Crippen LogP contribution is -2.04. The topological polar surface area (TPSA) is 78.2 Å². The van der Waals surface area contributed by atoms with Crippen LogP contribution in [-0.2, 0) is 12.6 Å². The average Bonchev–Trinajstić information content (AvgIpc) is 3.20.